The molecule has 0 fully saturated rings. The largest absolute Gasteiger partial charge is 0.380 e. The fourth-order valence-electron chi connectivity index (χ4n) is 1.07. The predicted molar refractivity (Wildman–Crippen MR) is 57.9 cm³/mol. The van der Waals surface area contributed by atoms with Gasteiger partial charge in [-0.1, -0.05) is 13.0 Å². The Morgan fingerprint density at radius 1 is 1.57 bits per heavy atom. The minimum atomic E-state index is 0.308. The van der Waals surface area contributed by atoms with Gasteiger partial charge in [0.15, 0.2) is 0 Å². The van der Waals surface area contributed by atoms with Gasteiger partial charge in [-0.3, -0.25) is 0 Å². The van der Waals surface area contributed by atoms with Crippen LogP contribution in [0.2, 0.25) is 0 Å². The van der Waals surface area contributed by atoms with Crippen LogP contribution in [0.3, 0.4) is 0 Å². The fourth-order valence-corrected chi connectivity index (χ4v) is 1.07. The van der Waals surface area contributed by atoms with Gasteiger partial charge < -0.3 is 10.1 Å². The first-order valence-electron chi connectivity index (χ1n) is 5.14. The molecule has 0 aliphatic rings. The third-order valence-corrected chi connectivity index (χ3v) is 1.98. The van der Waals surface area contributed by atoms with Gasteiger partial charge in [-0.15, -0.1) is 6.58 Å². The van der Waals surface area contributed by atoms with Gasteiger partial charge in [-0.05, 0) is 12.8 Å². The van der Waals surface area contributed by atoms with Crippen molar-refractivity contribution in [2.45, 2.75) is 32.2 Å². The van der Waals surface area contributed by atoms with E-state index in [2.05, 4.69) is 24.9 Å². The minimum absolute atomic E-state index is 0.308. The van der Waals surface area contributed by atoms with Crippen LogP contribution < -0.4 is 5.32 Å². The summed E-state index contributed by atoms with van der Waals surface area (Å²) >= 11 is 0. The summed E-state index contributed by atoms with van der Waals surface area (Å²) < 4.78 is 5.33. The molecule has 0 amide bonds. The van der Waals surface area contributed by atoms with Gasteiger partial charge >= 0.3 is 0 Å². The third kappa shape index (κ3) is 7.78. The number of nitriles is 1. The van der Waals surface area contributed by atoms with Crippen molar-refractivity contribution in [3.63, 3.8) is 0 Å². The van der Waals surface area contributed by atoms with Crippen LogP contribution in [0.15, 0.2) is 12.7 Å². The second-order valence-electron chi connectivity index (χ2n) is 3.11. The fraction of sp³-hybridized carbons (Fsp3) is 0.727. The second kappa shape index (κ2) is 10.2. The van der Waals surface area contributed by atoms with E-state index in [1.165, 1.54) is 0 Å². The van der Waals surface area contributed by atoms with Crippen molar-refractivity contribution in [2.24, 2.45) is 0 Å². The Hall–Kier alpha value is -0.850. The lowest BCUT2D eigenvalue weighted by Gasteiger charge is -2.13. The lowest BCUT2D eigenvalue weighted by molar-refractivity contribution is 0.138. The van der Waals surface area contributed by atoms with Crippen LogP contribution >= 0.6 is 0 Å². The standard InChI is InChI=1S/C11H20N2O/c1-3-5-9-14-10-8-13-11(4-2)6-7-12/h3,11,13H,1,4-6,8-10H2,2H3. The van der Waals surface area contributed by atoms with Gasteiger partial charge in [0.25, 0.3) is 0 Å². The van der Waals surface area contributed by atoms with Gasteiger partial charge in [-0.25, -0.2) is 0 Å². The first-order chi connectivity index (χ1) is 6.85. The molecular formula is C11H20N2O. The number of rotatable bonds is 9. The molecule has 0 rings (SSSR count). The van der Waals surface area contributed by atoms with Crippen molar-refractivity contribution < 1.29 is 4.74 Å². The Kier molecular flexibility index (Phi) is 9.61. The van der Waals surface area contributed by atoms with Crippen molar-refractivity contribution in [1.82, 2.24) is 5.32 Å². The van der Waals surface area contributed by atoms with Gasteiger partial charge in [0.05, 0.1) is 25.7 Å². The van der Waals surface area contributed by atoms with Crippen LogP contribution in [0.1, 0.15) is 26.2 Å². The van der Waals surface area contributed by atoms with Gasteiger partial charge in [-0.2, -0.15) is 5.26 Å². The molecule has 1 N–H and O–H groups in total. The quantitative estimate of drug-likeness (QED) is 0.452. The van der Waals surface area contributed by atoms with E-state index in [0.29, 0.717) is 19.1 Å². The average Bonchev–Trinajstić information content (AvgIpc) is 2.21. The summed E-state index contributed by atoms with van der Waals surface area (Å²) in [5.74, 6) is 0. The van der Waals surface area contributed by atoms with Crippen molar-refractivity contribution >= 4 is 0 Å². The molecule has 0 radical (unpaired) electrons. The molecule has 1 atom stereocenters. The summed E-state index contributed by atoms with van der Waals surface area (Å²) in [6.07, 6.45) is 4.30. The molecule has 3 heteroatoms. The Labute approximate surface area is 86.8 Å². The lowest BCUT2D eigenvalue weighted by atomic mass is 10.2. The summed E-state index contributed by atoms with van der Waals surface area (Å²) in [4.78, 5) is 0. The Morgan fingerprint density at radius 2 is 2.36 bits per heavy atom. The molecular weight excluding hydrogens is 176 g/mol. The maximum Gasteiger partial charge on any atom is 0.0638 e. The van der Waals surface area contributed by atoms with Crippen molar-refractivity contribution in [2.75, 3.05) is 19.8 Å². The van der Waals surface area contributed by atoms with E-state index >= 15 is 0 Å². The zero-order valence-corrected chi connectivity index (χ0v) is 8.96. The average molecular weight is 196 g/mol. The highest BCUT2D eigenvalue weighted by molar-refractivity contribution is 4.79. The maximum absolute atomic E-state index is 8.51. The maximum atomic E-state index is 8.51. The van der Waals surface area contributed by atoms with Crippen molar-refractivity contribution in [1.29, 1.82) is 5.26 Å². The molecule has 0 saturated carbocycles. The van der Waals surface area contributed by atoms with Crippen LogP contribution in [-0.4, -0.2) is 25.8 Å². The van der Waals surface area contributed by atoms with E-state index in [0.717, 1.165) is 26.0 Å². The van der Waals surface area contributed by atoms with Gasteiger partial charge in [0.1, 0.15) is 0 Å². The summed E-state index contributed by atoms with van der Waals surface area (Å²) in [6.45, 7) is 7.95. The number of hydrogen-bond donors (Lipinski definition) is 1. The molecule has 1 unspecified atom stereocenters. The molecule has 0 aliphatic carbocycles. The predicted octanol–water partition coefficient (Wildman–Crippen LogP) is 1.86. The summed E-state index contributed by atoms with van der Waals surface area (Å²) in [7, 11) is 0. The number of hydrogen-bond acceptors (Lipinski definition) is 3. The Morgan fingerprint density at radius 3 is 2.93 bits per heavy atom. The van der Waals surface area contributed by atoms with Crippen LogP contribution in [0.5, 0.6) is 0 Å². The monoisotopic (exact) mass is 196 g/mol. The highest BCUT2D eigenvalue weighted by atomic mass is 16.5. The molecule has 80 valence electrons. The second-order valence-corrected chi connectivity index (χ2v) is 3.11. The summed E-state index contributed by atoms with van der Waals surface area (Å²) in [5.41, 5.74) is 0. The molecule has 0 spiro atoms. The molecule has 0 heterocycles. The van der Waals surface area contributed by atoms with E-state index in [1.807, 2.05) is 6.08 Å². The van der Waals surface area contributed by atoms with Crippen LogP contribution in [0.25, 0.3) is 0 Å². The minimum Gasteiger partial charge on any atom is -0.380 e. The highest BCUT2D eigenvalue weighted by Gasteiger charge is 2.02. The molecule has 0 aromatic carbocycles. The van der Waals surface area contributed by atoms with E-state index in [1.54, 1.807) is 0 Å². The van der Waals surface area contributed by atoms with Crippen LogP contribution in [0.4, 0.5) is 0 Å². The van der Waals surface area contributed by atoms with Crippen LogP contribution in [0, 0.1) is 11.3 Å². The zero-order chi connectivity index (χ0) is 10.6. The number of ether oxygens (including phenoxy) is 1. The molecule has 0 aromatic heterocycles. The smallest absolute Gasteiger partial charge is 0.0638 e. The molecule has 0 aliphatic heterocycles. The molecule has 0 aromatic rings. The SMILES string of the molecule is C=CCCOCCNC(CC)CC#N. The Bertz CT molecular complexity index is 175. The normalized spacial score (nSPS) is 12.0. The first kappa shape index (κ1) is 13.2. The number of nitrogens with zero attached hydrogens (tertiary/aromatic N) is 1. The van der Waals surface area contributed by atoms with E-state index < -0.39 is 0 Å². The summed E-state index contributed by atoms with van der Waals surface area (Å²) in [6, 6.07) is 2.47. The van der Waals surface area contributed by atoms with Crippen LogP contribution in [-0.2, 0) is 4.74 Å². The third-order valence-electron chi connectivity index (χ3n) is 1.98. The van der Waals surface area contributed by atoms with E-state index in [-0.39, 0.29) is 0 Å². The van der Waals surface area contributed by atoms with Gasteiger partial charge in [0, 0.05) is 12.6 Å². The van der Waals surface area contributed by atoms with Gasteiger partial charge in [0.2, 0.25) is 0 Å². The molecule has 3 nitrogen and oxygen atoms in total. The topological polar surface area (TPSA) is 45.0 Å². The van der Waals surface area contributed by atoms with Crippen molar-refractivity contribution in [3.05, 3.63) is 12.7 Å². The van der Waals surface area contributed by atoms with E-state index in [4.69, 9.17) is 10.00 Å². The molecule has 0 saturated heterocycles. The number of nitrogens with one attached hydrogen (secondary N) is 1. The molecule has 14 heavy (non-hydrogen) atoms. The lowest BCUT2D eigenvalue weighted by Crippen LogP contribution is -2.31. The van der Waals surface area contributed by atoms with Crippen molar-refractivity contribution in [3.8, 4) is 6.07 Å². The Balaban J connectivity index is 3.24. The van der Waals surface area contributed by atoms with E-state index in [9.17, 15) is 0 Å². The summed E-state index contributed by atoms with van der Waals surface area (Å²) in [5, 5.41) is 11.8. The molecule has 0 bridgehead atoms. The highest BCUT2D eigenvalue weighted by Crippen LogP contribution is 1.94. The first-order valence-corrected chi connectivity index (χ1v) is 5.14. The zero-order valence-electron chi connectivity index (χ0n) is 8.96.